The van der Waals surface area contributed by atoms with Crippen molar-refractivity contribution >= 4 is 23.6 Å². The number of anilines is 1. The molecule has 1 aliphatic heterocycles. The first-order chi connectivity index (χ1) is 12.9. The first-order valence-electron chi connectivity index (χ1n) is 8.27. The first kappa shape index (κ1) is 18.2. The molecule has 0 saturated heterocycles. The van der Waals surface area contributed by atoms with Gasteiger partial charge in [0.05, 0.1) is 18.7 Å². The monoisotopic (exact) mass is 369 g/mol. The van der Waals surface area contributed by atoms with Crippen LogP contribution in [-0.2, 0) is 6.42 Å². The van der Waals surface area contributed by atoms with Crippen molar-refractivity contribution in [3.63, 3.8) is 0 Å². The van der Waals surface area contributed by atoms with Crippen LogP contribution in [0.3, 0.4) is 0 Å². The fourth-order valence-corrected chi connectivity index (χ4v) is 3.13. The number of urea groups is 1. The number of hydrogen-bond donors (Lipinski definition) is 3. The number of rotatable bonds is 4. The highest BCUT2D eigenvalue weighted by atomic mass is 16.5. The Morgan fingerprint density at radius 1 is 1.19 bits per heavy atom. The Labute approximate surface area is 155 Å². The summed E-state index contributed by atoms with van der Waals surface area (Å²) in [5.41, 5.74) is 7.18. The van der Waals surface area contributed by atoms with E-state index in [1.165, 1.54) is 24.1 Å². The number of hydrogen-bond acceptors (Lipinski definition) is 4. The summed E-state index contributed by atoms with van der Waals surface area (Å²) in [6.07, 6.45) is 0.385. The van der Waals surface area contributed by atoms with E-state index in [1.807, 2.05) is 0 Å². The fraction of sp³-hybridized carbons (Fsp3) is 0.211. The number of nitrogens with one attached hydrogen (secondary N) is 1. The van der Waals surface area contributed by atoms with Crippen LogP contribution in [0.25, 0.3) is 0 Å². The van der Waals surface area contributed by atoms with Crippen LogP contribution < -0.4 is 20.7 Å². The molecule has 3 amide bonds. The van der Waals surface area contributed by atoms with Crippen molar-refractivity contribution in [2.75, 3.05) is 18.6 Å². The Bertz CT molecular complexity index is 912. The predicted octanol–water partition coefficient (Wildman–Crippen LogP) is 1.63. The topological polar surface area (TPSA) is 122 Å². The number of aromatic carboxylic acids is 1. The smallest absolute Gasteiger partial charge is 0.335 e. The molecule has 2 aromatic carbocycles. The van der Waals surface area contributed by atoms with E-state index < -0.39 is 18.0 Å². The molecule has 1 heterocycles. The van der Waals surface area contributed by atoms with Gasteiger partial charge in [-0.05, 0) is 48.4 Å². The normalized spacial score (nSPS) is 15.6. The molecule has 1 unspecified atom stereocenters. The van der Waals surface area contributed by atoms with Crippen molar-refractivity contribution in [1.82, 2.24) is 5.32 Å². The third kappa shape index (κ3) is 3.84. The molecule has 0 radical (unpaired) electrons. The predicted molar refractivity (Wildman–Crippen MR) is 98.3 cm³/mol. The van der Waals surface area contributed by atoms with E-state index in [0.29, 0.717) is 29.0 Å². The van der Waals surface area contributed by atoms with Gasteiger partial charge in [-0.1, -0.05) is 6.07 Å². The third-order valence-corrected chi connectivity index (χ3v) is 4.42. The van der Waals surface area contributed by atoms with Crippen LogP contribution in [0.15, 0.2) is 42.5 Å². The minimum Gasteiger partial charge on any atom is -0.497 e. The average Bonchev–Trinajstić information content (AvgIpc) is 2.66. The summed E-state index contributed by atoms with van der Waals surface area (Å²) in [6, 6.07) is 10.1. The zero-order valence-corrected chi connectivity index (χ0v) is 14.6. The van der Waals surface area contributed by atoms with E-state index in [2.05, 4.69) is 5.32 Å². The van der Waals surface area contributed by atoms with Gasteiger partial charge >= 0.3 is 12.0 Å². The van der Waals surface area contributed by atoms with E-state index in [4.69, 9.17) is 10.5 Å². The molecule has 3 rings (SSSR count). The molecule has 8 heteroatoms. The maximum Gasteiger partial charge on any atom is 0.335 e. The molecule has 140 valence electrons. The summed E-state index contributed by atoms with van der Waals surface area (Å²) >= 11 is 0. The van der Waals surface area contributed by atoms with Gasteiger partial charge in [0.15, 0.2) is 0 Å². The second kappa shape index (κ2) is 7.36. The molecule has 2 aromatic rings. The third-order valence-electron chi connectivity index (χ3n) is 4.42. The summed E-state index contributed by atoms with van der Waals surface area (Å²) < 4.78 is 5.12. The lowest BCUT2D eigenvalue weighted by Crippen LogP contribution is -2.51. The number of carbonyl (C=O) groups is 3. The van der Waals surface area contributed by atoms with Crippen LogP contribution in [0.1, 0.15) is 26.3 Å². The van der Waals surface area contributed by atoms with Crippen LogP contribution in [0.4, 0.5) is 10.5 Å². The summed E-state index contributed by atoms with van der Waals surface area (Å²) in [5, 5.41) is 12.1. The lowest BCUT2D eigenvalue weighted by molar-refractivity contribution is 0.0696. The summed E-state index contributed by atoms with van der Waals surface area (Å²) in [6.45, 7) is 0.199. The molecule has 0 saturated carbocycles. The number of carboxylic acids is 1. The van der Waals surface area contributed by atoms with Gasteiger partial charge in [0.2, 0.25) is 0 Å². The number of carbonyl (C=O) groups excluding carboxylic acids is 2. The zero-order valence-electron chi connectivity index (χ0n) is 14.6. The van der Waals surface area contributed by atoms with Gasteiger partial charge < -0.3 is 20.9 Å². The average molecular weight is 369 g/mol. The van der Waals surface area contributed by atoms with E-state index >= 15 is 0 Å². The van der Waals surface area contributed by atoms with Crippen molar-refractivity contribution < 1.29 is 24.2 Å². The van der Waals surface area contributed by atoms with Crippen LogP contribution >= 0.6 is 0 Å². The van der Waals surface area contributed by atoms with Gasteiger partial charge in [0, 0.05) is 17.8 Å². The number of primary amides is 1. The number of benzene rings is 2. The largest absolute Gasteiger partial charge is 0.497 e. The second-order valence-electron chi connectivity index (χ2n) is 6.20. The zero-order chi connectivity index (χ0) is 19.6. The molecule has 8 nitrogen and oxygen atoms in total. The molecule has 1 atom stereocenters. The Hall–Kier alpha value is -3.55. The van der Waals surface area contributed by atoms with E-state index in [1.54, 1.807) is 30.3 Å². The number of nitrogens with zero attached hydrogens (tertiary/aromatic N) is 1. The maximum atomic E-state index is 12.5. The number of carboxylic acid groups (broad SMARTS) is 1. The molecule has 0 aromatic heterocycles. The van der Waals surface area contributed by atoms with Crippen molar-refractivity contribution in [3.05, 3.63) is 59.2 Å². The minimum absolute atomic E-state index is 0.109. The Balaban J connectivity index is 1.85. The highest BCUT2D eigenvalue weighted by molar-refractivity contribution is 5.96. The van der Waals surface area contributed by atoms with Crippen LogP contribution in [0, 0.1) is 0 Å². The van der Waals surface area contributed by atoms with E-state index in [-0.39, 0.29) is 18.0 Å². The maximum absolute atomic E-state index is 12.5. The van der Waals surface area contributed by atoms with Gasteiger partial charge in [-0.25, -0.2) is 9.59 Å². The number of amides is 3. The summed E-state index contributed by atoms with van der Waals surface area (Å²) in [5.74, 6) is -0.825. The summed E-state index contributed by atoms with van der Waals surface area (Å²) in [7, 11) is 1.51. The van der Waals surface area contributed by atoms with Gasteiger partial charge in [-0.2, -0.15) is 0 Å². The van der Waals surface area contributed by atoms with Crippen LogP contribution in [0.5, 0.6) is 5.75 Å². The van der Waals surface area contributed by atoms with E-state index in [0.717, 1.165) is 0 Å². The van der Waals surface area contributed by atoms with Crippen molar-refractivity contribution in [2.24, 2.45) is 5.73 Å². The molecule has 0 fully saturated rings. The molecular formula is C19H19N3O5. The number of ether oxygens (including phenoxy) is 1. The minimum atomic E-state index is -1.06. The molecule has 0 spiro atoms. The SMILES string of the molecule is COc1cccc(C(=O)NC2Cc3cc(C(=O)O)ccc3N(C(N)=O)C2)c1. The molecule has 27 heavy (non-hydrogen) atoms. The van der Waals surface area contributed by atoms with Crippen LogP contribution in [-0.4, -0.2) is 42.7 Å². The highest BCUT2D eigenvalue weighted by Gasteiger charge is 2.29. The van der Waals surface area contributed by atoms with Crippen LogP contribution in [0.2, 0.25) is 0 Å². The van der Waals surface area contributed by atoms with Gasteiger partial charge in [-0.3, -0.25) is 9.69 Å². The number of fused-ring (bicyclic) bond motifs is 1. The Morgan fingerprint density at radius 2 is 1.96 bits per heavy atom. The lowest BCUT2D eigenvalue weighted by Gasteiger charge is -2.34. The quantitative estimate of drug-likeness (QED) is 0.756. The van der Waals surface area contributed by atoms with Gasteiger partial charge in [0.1, 0.15) is 5.75 Å². The number of methoxy groups -OCH3 is 1. The Morgan fingerprint density at radius 3 is 2.63 bits per heavy atom. The Kier molecular flexibility index (Phi) is 4.98. The second-order valence-corrected chi connectivity index (χ2v) is 6.20. The van der Waals surface area contributed by atoms with Gasteiger partial charge in [-0.15, -0.1) is 0 Å². The molecule has 1 aliphatic rings. The lowest BCUT2D eigenvalue weighted by atomic mass is 9.95. The van der Waals surface area contributed by atoms with Gasteiger partial charge in [0.25, 0.3) is 5.91 Å². The molecule has 4 N–H and O–H groups in total. The fourth-order valence-electron chi connectivity index (χ4n) is 3.13. The highest BCUT2D eigenvalue weighted by Crippen LogP contribution is 2.28. The molecular weight excluding hydrogens is 350 g/mol. The van der Waals surface area contributed by atoms with E-state index in [9.17, 15) is 19.5 Å². The molecule has 0 bridgehead atoms. The number of nitrogens with two attached hydrogens (primary N) is 1. The summed E-state index contributed by atoms with van der Waals surface area (Å²) in [4.78, 5) is 36.9. The molecule has 0 aliphatic carbocycles. The van der Waals surface area contributed by atoms with Crippen molar-refractivity contribution in [3.8, 4) is 5.75 Å². The van der Waals surface area contributed by atoms with Crippen molar-refractivity contribution in [2.45, 2.75) is 12.5 Å². The van der Waals surface area contributed by atoms with Crippen molar-refractivity contribution in [1.29, 1.82) is 0 Å². The standard InChI is InChI=1S/C19H19N3O5/c1-27-15-4-2-3-11(9-15)17(23)21-14-8-13-7-12(18(24)25)5-6-16(13)22(10-14)19(20)26/h2-7,9,14H,8,10H2,1H3,(H2,20,26)(H,21,23)(H,24,25). The first-order valence-corrected chi connectivity index (χ1v) is 8.27.